The van der Waals surface area contributed by atoms with Crippen molar-refractivity contribution in [3.05, 3.63) is 118 Å². The van der Waals surface area contributed by atoms with E-state index >= 15 is 0 Å². The third kappa shape index (κ3) is 10.6. The summed E-state index contributed by atoms with van der Waals surface area (Å²) in [5.41, 5.74) is 5.39. The molecule has 4 aromatic carbocycles. The van der Waals surface area contributed by atoms with Crippen LogP contribution >= 0.6 is 0 Å². The fourth-order valence-corrected chi connectivity index (χ4v) is 12.1. The average Bonchev–Trinajstić information content (AvgIpc) is 3.30. The summed E-state index contributed by atoms with van der Waals surface area (Å²) in [6.07, 6.45) is 11.7. The molecule has 0 spiro atoms. The molecule has 4 heterocycles. The maximum atomic E-state index is 13.9. The summed E-state index contributed by atoms with van der Waals surface area (Å²) in [7, 11) is -7.62. The summed E-state index contributed by atoms with van der Waals surface area (Å²) in [5, 5.41) is 0. The number of likely N-dealkylation sites (tertiary alicyclic amines) is 2. The highest BCUT2D eigenvalue weighted by atomic mass is 32.2. The molecular formula is C48H60N4O7S2. The first-order chi connectivity index (χ1) is 29.7. The van der Waals surface area contributed by atoms with E-state index in [0.717, 1.165) is 66.0 Å². The summed E-state index contributed by atoms with van der Waals surface area (Å²) in [6.45, 7) is 9.24. The number of nitrogens with zero attached hydrogens (tertiary/aromatic N) is 4. The predicted octanol–water partition coefficient (Wildman–Crippen LogP) is 7.02. The molecule has 0 N–H and O–H groups in total. The zero-order valence-corrected chi connectivity index (χ0v) is 36.9. The Morgan fingerprint density at radius 1 is 0.508 bits per heavy atom. The first-order valence-electron chi connectivity index (χ1n) is 22.3. The van der Waals surface area contributed by atoms with E-state index in [4.69, 9.17) is 9.47 Å². The first-order valence-corrected chi connectivity index (χ1v) is 25.1. The van der Waals surface area contributed by atoms with Crippen LogP contribution in [0.1, 0.15) is 90.7 Å². The topological polar surface area (TPSA) is 117 Å². The minimum atomic E-state index is -3.81. The minimum Gasteiger partial charge on any atom is -0.494 e. The Kier molecular flexibility index (Phi) is 14.2. The molecule has 0 atom stereocenters. The van der Waals surface area contributed by atoms with Gasteiger partial charge in [-0.05, 0) is 159 Å². The van der Waals surface area contributed by atoms with E-state index in [1.165, 1.54) is 73.3 Å². The Balaban J connectivity index is 0.860. The highest BCUT2D eigenvalue weighted by molar-refractivity contribution is 7.89. The average molecular weight is 869 g/mol. The van der Waals surface area contributed by atoms with E-state index in [9.17, 15) is 21.6 Å². The molecule has 8 rings (SSSR count). The van der Waals surface area contributed by atoms with Crippen molar-refractivity contribution in [2.75, 3.05) is 65.6 Å². The molecule has 2 fully saturated rings. The van der Waals surface area contributed by atoms with Crippen LogP contribution in [-0.4, -0.2) is 107 Å². The number of hydrogen-bond acceptors (Lipinski definition) is 9. The zero-order chi connectivity index (χ0) is 42.2. The Morgan fingerprint density at radius 2 is 0.918 bits per heavy atom. The Labute approximate surface area is 362 Å². The van der Waals surface area contributed by atoms with Gasteiger partial charge in [-0.15, -0.1) is 0 Å². The van der Waals surface area contributed by atoms with Crippen molar-refractivity contribution in [1.82, 2.24) is 18.4 Å². The van der Waals surface area contributed by atoms with Gasteiger partial charge >= 0.3 is 0 Å². The third-order valence-corrected chi connectivity index (χ3v) is 16.6. The number of fused-ring (bicyclic) bond motifs is 2. The van der Waals surface area contributed by atoms with Crippen LogP contribution in [0.25, 0.3) is 0 Å². The molecular weight excluding hydrogens is 809 g/mol. The molecule has 61 heavy (non-hydrogen) atoms. The lowest BCUT2D eigenvalue weighted by Crippen LogP contribution is -2.36. The molecule has 4 aromatic rings. The van der Waals surface area contributed by atoms with Crippen LogP contribution in [0.5, 0.6) is 11.5 Å². The van der Waals surface area contributed by atoms with Gasteiger partial charge in [-0.2, -0.15) is 8.61 Å². The number of hydrogen-bond donors (Lipinski definition) is 0. The maximum Gasteiger partial charge on any atom is 0.243 e. The van der Waals surface area contributed by atoms with Gasteiger partial charge in [0.25, 0.3) is 0 Å². The molecule has 0 saturated carbocycles. The predicted molar refractivity (Wildman–Crippen MR) is 237 cm³/mol. The molecule has 0 aromatic heterocycles. The van der Waals surface area contributed by atoms with Crippen LogP contribution in [0.4, 0.5) is 0 Å². The molecule has 4 aliphatic heterocycles. The molecule has 0 bridgehead atoms. The van der Waals surface area contributed by atoms with E-state index in [1.54, 1.807) is 48.5 Å². The van der Waals surface area contributed by atoms with Gasteiger partial charge in [-0.25, -0.2) is 16.8 Å². The highest BCUT2D eigenvalue weighted by Gasteiger charge is 2.31. The number of benzene rings is 4. The van der Waals surface area contributed by atoms with Crippen molar-refractivity contribution in [3.8, 4) is 11.5 Å². The second-order valence-corrected chi connectivity index (χ2v) is 20.9. The number of piperidine rings is 2. The monoisotopic (exact) mass is 868 g/mol. The quantitative estimate of drug-likeness (QED) is 0.0816. The van der Waals surface area contributed by atoms with Gasteiger partial charge in [-0.3, -0.25) is 0 Å². The van der Waals surface area contributed by atoms with Crippen molar-refractivity contribution >= 4 is 26.3 Å². The molecule has 0 radical (unpaired) electrons. The van der Waals surface area contributed by atoms with Gasteiger partial charge in [-0.1, -0.05) is 49.2 Å². The summed E-state index contributed by atoms with van der Waals surface area (Å²) >= 11 is 0. The van der Waals surface area contributed by atoms with Crippen LogP contribution in [0.15, 0.2) is 94.7 Å². The van der Waals surface area contributed by atoms with Crippen molar-refractivity contribution in [2.45, 2.75) is 93.0 Å². The molecule has 0 aliphatic carbocycles. The van der Waals surface area contributed by atoms with Crippen LogP contribution in [0.3, 0.4) is 0 Å². The number of rotatable bonds is 17. The van der Waals surface area contributed by atoms with Crippen LogP contribution < -0.4 is 9.47 Å². The van der Waals surface area contributed by atoms with Crippen molar-refractivity contribution in [3.63, 3.8) is 0 Å². The standard InChI is InChI=1S/C48H60N4O7S2/c53-37-48(40-11-17-46(18-12-40)60(54,55)51-29-21-38-9-15-44(33-42(38)35-51)58-31-7-27-49-23-3-1-4-24-49)41-13-19-47(20-14-41)61(56,57)52-30-22-39-10-16-45(34-43(39)36-52)59-32-8-28-50-25-5-2-6-26-50/h9-20,33-34,37,48H,1-8,21-32,35-36H2. The van der Waals surface area contributed by atoms with Crippen LogP contribution in [-0.2, 0) is 50.8 Å². The minimum absolute atomic E-state index is 0.158. The maximum absolute atomic E-state index is 13.9. The zero-order valence-electron chi connectivity index (χ0n) is 35.3. The molecule has 326 valence electrons. The van der Waals surface area contributed by atoms with Crippen molar-refractivity contribution < 1.29 is 31.1 Å². The molecule has 11 nitrogen and oxygen atoms in total. The SMILES string of the molecule is O=CC(c1ccc(S(=O)(=O)N2CCc3ccc(OCCCN4CCCCC4)cc3C2)cc1)c1ccc(S(=O)(=O)N2CCc3ccc(OCCCN4CCCCC4)cc3C2)cc1. The van der Waals surface area contributed by atoms with Gasteiger partial charge in [0.15, 0.2) is 0 Å². The molecule has 4 aliphatic rings. The fourth-order valence-electron chi connectivity index (χ4n) is 9.27. The fraction of sp³-hybridized carbons (Fsp3) is 0.479. The number of carbonyl (C=O) groups is 1. The van der Waals surface area contributed by atoms with E-state index in [1.807, 2.05) is 36.4 Å². The molecule has 13 heteroatoms. The third-order valence-electron chi connectivity index (χ3n) is 12.9. The summed E-state index contributed by atoms with van der Waals surface area (Å²) in [4.78, 5) is 17.8. The van der Waals surface area contributed by atoms with E-state index in [0.29, 0.717) is 50.3 Å². The van der Waals surface area contributed by atoms with Crippen molar-refractivity contribution in [1.29, 1.82) is 0 Å². The lowest BCUT2D eigenvalue weighted by molar-refractivity contribution is -0.108. The van der Waals surface area contributed by atoms with Crippen LogP contribution in [0, 0.1) is 0 Å². The second-order valence-electron chi connectivity index (χ2n) is 17.0. The Bertz CT molecular complexity index is 2170. The Hall–Kier alpha value is -4.11. The lowest BCUT2D eigenvalue weighted by Gasteiger charge is -2.29. The second kappa shape index (κ2) is 19.9. The summed E-state index contributed by atoms with van der Waals surface area (Å²) in [5.74, 6) is 0.822. The normalized spacial score (nSPS) is 18.4. The van der Waals surface area contributed by atoms with E-state index in [-0.39, 0.29) is 22.9 Å². The summed E-state index contributed by atoms with van der Waals surface area (Å²) in [6, 6.07) is 24.9. The first kappa shape index (κ1) is 43.5. The van der Waals surface area contributed by atoms with Gasteiger partial charge in [0.2, 0.25) is 20.0 Å². The Morgan fingerprint density at radius 3 is 1.31 bits per heavy atom. The summed E-state index contributed by atoms with van der Waals surface area (Å²) < 4.78 is 70.6. The van der Waals surface area contributed by atoms with Crippen molar-refractivity contribution in [2.24, 2.45) is 0 Å². The molecule has 0 amide bonds. The van der Waals surface area contributed by atoms with Gasteiger partial charge in [0, 0.05) is 39.3 Å². The van der Waals surface area contributed by atoms with E-state index < -0.39 is 26.0 Å². The number of sulfonamides is 2. The molecule has 0 unspecified atom stereocenters. The number of ether oxygens (including phenoxy) is 2. The van der Waals surface area contributed by atoms with Gasteiger partial charge < -0.3 is 24.1 Å². The number of carbonyl (C=O) groups excluding carboxylic acids is 1. The van der Waals surface area contributed by atoms with Crippen LogP contribution in [0.2, 0.25) is 0 Å². The van der Waals surface area contributed by atoms with E-state index in [2.05, 4.69) is 9.80 Å². The largest absolute Gasteiger partial charge is 0.494 e. The molecule has 2 saturated heterocycles. The van der Waals surface area contributed by atoms with Gasteiger partial charge in [0.05, 0.1) is 28.9 Å². The smallest absolute Gasteiger partial charge is 0.243 e. The lowest BCUT2D eigenvalue weighted by atomic mass is 9.93. The van der Waals surface area contributed by atoms with Gasteiger partial charge in [0.1, 0.15) is 17.8 Å². The number of aldehydes is 1. The highest BCUT2D eigenvalue weighted by Crippen LogP contribution is 2.32.